The van der Waals surface area contributed by atoms with Gasteiger partial charge in [0.2, 0.25) is 0 Å². The molecule has 0 saturated heterocycles. The molecule has 0 bridgehead atoms. The molecule has 0 aromatic heterocycles. The van der Waals surface area contributed by atoms with Crippen LogP contribution in [0.4, 0.5) is 0 Å². The van der Waals surface area contributed by atoms with Crippen LogP contribution in [0, 0.1) is 0 Å². The van der Waals surface area contributed by atoms with Gasteiger partial charge in [0.1, 0.15) is 0 Å². The van der Waals surface area contributed by atoms with E-state index in [0.717, 1.165) is 0 Å². The quantitative estimate of drug-likeness (QED) is 0.427. The second-order valence-corrected chi connectivity index (χ2v) is 0. The van der Waals surface area contributed by atoms with Crippen molar-refractivity contribution in [1.29, 1.82) is 0 Å². The van der Waals surface area contributed by atoms with E-state index in [4.69, 9.17) is 3.40 Å². The predicted octanol–water partition coefficient (Wildman–Crippen LogP) is -1.73. The van der Waals surface area contributed by atoms with Crippen molar-refractivity contribution in [1.82, 2.24) is 0 Å². The summed E-state index contributed by atoms with van der Waals surface area (Å²) in [5, 5.41) is 0. The fourth-order valence-corrected chi connectivity index (χ4v) is 0. The first-order chi connectivity index (χ1) is 1.00. The number of rotatable bonds is 0. The molecule has 0 aromatic carbocycles. The Balaban J connectivity index is -0.000000000500. The summed E-state index contributed by atoms with van der Waals surface area (Å²) in [5.74, 6) is 0. The number of hydrogen-bond acceptors (Lipinski definition) is 1. The number of hydrogen-bond donors (Lipinski definition) is 0. The molecule has 0 aliphatic carbocycles. The van der Waals surface area contributed by atoms with Gasteiger partial charge >= 0.3 is 72.1 Å². The molecule has 0 amide bonds. The molecule has 5 heteroatoms. The van der Waals surface area contributed by atoms with Gasteiger partial charge in [-0.3, -0.25) is 0 Å². The molecule has 0 heterocycles. The van der Waals surface area contributed by atoms with Gasteiger partial charge in [0.15, 0.2) is 0 Å². The monoisotopic (exact) mass is 420 g/mol. The summed E-state index contributed by atoms with van der Waals surface area (Å²) in [6.07, 6.45) is 0. The van der Waals surface area contributed by atoms with E-state index in [2.05, 4.69) is 0 Å². The van der Waals surface area contributed by atoms with E-state index in [9.17, 15) is 0 Å². The molecule has 0 spiro atoms. The van der Waals surface area contributed by atoms with Crippen LogP contribution in [-0.4, -0.2) is 59.8 Å². The van der Waals surface area contributed by atoms with E-state index in [1.807, 2.05) is 0 Å². The Kier molecular flexibility index (Phi) is 138. The fourth-order valence-electron chi connectivity index (χ4n) is 0. The first-order valence-electron chi connectivity index (χ1n) is 0.167. The Morgan fingerprint density at radius 2 is 1.40 bits per heavy atom. The first kappa shape index (κ1) is 24.5. The van der Waals surface area contributed by atoms with Gasteiger partial charge in [-0.1, -0.05) is 0 Å². The molecule has 0 fully saturated rings. The van der Waals surface area contributed by atoms with Gasteiger partial charge in [-0.15, -0.1) is 0 Å². The maximum absolute atomic E-state index is 8.33. The molecule has 0 unspecified atom stereocenters. The van der Waals surface area contributed by atoms with Gasteiger partial charge in [-0.2, -0.15) is 0 Å². The summed E-state index contributed by atoms with van der Waals surface area (Å²) >= 11 is 0.333. The van der Waals surface area contributed by atoms with Crippen molar-refractivity contribution in [3.63, 3.8) is 0 Å². The molecule has 0 aromatic rings. The van der Waals surface area contributed by atoms with Gasteiger partial charge < -0.3 is 2.85 Å². The fraction of sp³-hybridized carbons (Fsp3) is 0. The standard InChI is InChI=1S/Ba.O.H4Si.Ti.W.2H/h;;1H4;;;;/q+2;;;;;2*-1. The normalized spacial score (nSPS) is 0.800. The minimum Gasteiger partial charge on any atom is -0.0149 e. The van der Waals surface area contributed by atoms with Gasteiger partial charge in [0, 0.05) is 21.7 Å². The summed E-state index contributed by atoms with van der Waals surface area (Å²) < 4.78 is 8.33. The Morgan fingerprint density at radius 3 is 1.40 bits per heavy atom. The van der Waals surface area contributed by atoms with Crippen LogP contribution in [0.15, 0.2) is 0 Å². The van der Waals surface area contributed by atoms with Gasteiger partial charge in [0.05, 0.1) is 0 Å². The second kappa shape index (κ2) is 28.0. The minimum absolute atomic E-state index is 0. The SMILES string of the molecule is [Ba+2].[H-].[H-].[O]=[W].[SiH4].[Ti]. The molecular weight excluding hydrogens is 413 g/mol. The summed E-state index contributed by atoms with van der Waals surface area (Å²) in [7, 11) is 0. The molecule has 5 heavy (non-hydrogen) atoms. The van der Waals surface area contributed by atoms with E-state index >= 15 is 0 Å². The summed E-state index contributed by atoms with van der Waals surface area (Å²) in [6, 6.07) is 0. The third kappa shape index (κ3) is 19.5. The zero-order valence-electron chi connectivity index (χ0n) is 4.02. The summed E-state index contributed by atoms with van der Waals surface area (Å²) in [6.45, 7) is 0. The molecule has 0 aliphatic heterocycles. The third-order valence-corrected chi connectivity index (χ3v) is 0. The van der Waals surface area contributed by atoms with Crippen molar-refractivity contribution in [3.05, 3.63) is 0 Å². The second-order valence-electron chi connectivity index (χ2n) is 0. The van der Waals surface area contributed by atoms with Crippen LogP contribution in [0.5, 0.6) is 0 Å². The van der Waals surface area contributed by atoms with Crippen molar-refractivity contribution < 1.29 is 47.7 Å². The third-order valence-electron chi connectivity index (χ3n) is 0. The van der Waals surface area contributed by atoms with Crippen LogP contribution in [0.3, 0.4) is 0 Å². The molecule has 0 radical (unpaired) electrons. The van der Waals surface area contributed by atoms with Gasteiger partial charge in [0.25, 0.3) is 0 Å². The Labute approximate surface area is 105 Å². The van der Waals surface area contributed by atoms with Crippen molar-refractivity contribution in [2.45, 2.75) is 0 Å². The molecule has 28 valence electrons. The Morgan fingerprint density at radius 1 is 1.40 bits per heavy atom. The summed E-state index contributed by atoms with van der Waals surface area (Å²) in [5.41, 5.74) is 0. The zero-order chi connectivity index (χ0) is 2.00. The first-order valence-corrected chi connectivity index (χ1v) is 1.36. The summed E-state index contributed by atoms with van der Waals surface area (Å²) in [4.78, 5) is 0. The van der Waals surface area contributed by atoms with Crippen LogP contribution in [0.25, 0.3) is 0 Å². The van der Waals surface area contributed by atoms with E-state index < -0.39 is 0 Å². The Hall–Kier alpha value is 2.99. The van der Waals surface area contributed by atoms with Gasteiger partial charge in [-0.25, -0.2) is 0 Å². The molecular formula is H6BaOSiTiW. The molecule has 0 rings (SSSR count). The molecule has 0 atom stereocenters. The van der Waals surface area contributed by atoms with Crippen LogP contribution >= 0.6 is 0 Å². The van der Waals surface area contributed by atoms with Crippen molar-refractivity contribution in [2.75, 3.05) is 0 Å². The van der Waals surface area contributed by atoms with Crippen molar-refractivity contribution >= 4 is 59.8 Å². The maximum Gasteiger partial charge on any atom is 0 e. The van der Waals surface area contributed by atoms with Crippen molar-refractivity contribution in [2.24, 2.45) is 0 Å². The Bertz CT molecular complexity index is 17.7. The largest absolute Gasteiger partial charge is 0.0149 e. The van der Waals surface area contributed by atoms with E-state index in [-0.39, 0.29) is 84.4 Å². The van der Waals surface area contributed by atoms with Crippen molar-refractivity contribution in [3.8, 4) is 0 Å². The predicted molar refractivity (Wildman–Crippen MR) is 20.0 cm³/mol. The van der Waals surface area contributed by atoms with E-state index in [0.29, 0.717) is 19.8 Å². The van der Waals surface area contributed by atoms with Crippen LogP contribution in [-0.2, 0) is 44.9 Å². The molecule has 1 nitrogen and oxygen atoms in total. The average molecular weight is 419 g/mol. The molecule has 0 N–H and O–H groups in total. The minimum atomic E-state index is 0. The molecule has 0 aliphatic rings. The molecule has 0 saturated carbocycles. The average Bonchev–Trinajstić information content (AvgIpc) is 1.00. The van der Waals surface area contributed by atoms with Gasteiger partial charge in [-0.05, 0) is 11.0 Å². The van der Waals surface area contributed by atoms with Crippen LogP contribution in [0.1, 0.15) is 2.85 Å². The maximum atomic E-state index is 8.33. The van der Waals surface area contributed by atoms with E-state index in [1.54, 1.807) is 0 Å². The topological polar surface area (TPSA) is 17.1 Å². The van der Waals surface area contributed by atoms with E-state index in [1.165, 1.54) is 0 Å². The van der Waals surface area contributed by atoms with Crippen LogP contribution < -0.4 is 0 Å². The zero-order valence-corrected chi connectivity index (χ0v) is 11.0. The van der Waals surface area contributed by atoms with Crippen LogP contribution in [0.2, 0.25) is 0 Å². The smallest absolute Gasteiger partial charge is 0 e.